The highest BCUT2D eigenvalue weighted by atomic mass is 16.5. The number of aliphatic hydroxyl groups excluding tert-OH is 1. The number of likely N-dealkylation sites (tertiary alicyclic amines) is 1. The molecule has 0 aliphatic carbocycles. The summed E-state index contributed by atoms with van der Waals surface area (Å²) in [6.07, 6.45) is 1.67. The summed E-state index contributed by atoms with van der Waals surface area (Å²) in [6.45, 7) is 9.66. The molecule has 6 atom stereocenters. The highest BCUT2D eigenvalue weighted by molar-refractivity contribution is 6.02. The van der Waals surface area contributed by atoms with Crippen LogP contribution in [0.25, 0.3) is 0 Å². The zero-order chi connectivity index (χ0) is 27.8. The van der Waals surface area contributed by atoms with Gasteiger partial charge in [0.2, 0.25) is 17.7 Å². The molecule has 0 saturated carbocycles. The van der Waals surface area contributed by atoms with Crippen molar-refractivity contribution in [3.63, 3.8) is 0 Å². The number of rotatable bonds is 10. The van der Waals surface area contributed by atoms with Crippen LogP contribution in [-0.2, 0) is 23.9 Å². The van der Waals surface area contributed by atoms with Crippen LogP contribution >= 0.6 is 0 Å². The van der Waals surface area contributed by atoms with E-state index < -0.39 is 35.1 Å². The smallest absolute Gasteiger partial charge is 0.245 e. The summed E-state index contributed by atoms with van der Waals surface area (Å²) in [5.41, 5.74) is -1.28. The quantitative estimate of drug-likeness (QED) is 0.407. The number of benzene rings is 1. The van der Waals surface area contributed by atoms with Gasteiger partial charge in [-0.05, 0) is 37.3 Å². The molecule has 0 aromatic heterocycles. The molecular formula is C29H42N4O6. The lowest BCUT2D eigenvalue weighted by molar-refractivity contribution is -0.151. The van der Waals surface area contributed by atoms with Gasteiger partial charge in [0.1, 0.15) is 11.6 Å². The number of amides is 3. The monoisotopic (exact) mass is 542 g/mol. The van der Waals surface area contributed by atoms with Gasteiger partial charge >= 0.3 is 0 Å². The van der Waals surface area contributed by atoms with E-state index in [4.69, 9.17) is 9.47 Å². The number of para-hydroxylation sites is 1. The van der Waals surface area contributed by atoms with Crippen molar-refractivity contribution in [1.82, 2.24) is 15.1 Å². The molecule has 2 unspecified atom stereocenters. The Balaban J connectivity index is 1.46. The van der Waals surface area contributed by atoms with Crippen LogP contribution in [0.3, 0.4) is 0 Å². The van der Waals surface area contributed by atoms with Crippen LogP contribution in [0.15, 0.2) is 30.3 Å². The molecule has 4 aliphatic heterocycles. The lowest BCUT2D eigenvalue weighted by atomic mass is 9.65. The van der Waals surface area contributed by atoms with Gasteiger partial charge in [0.05, 0.1) is 43.3 Å². The highest BCUT2D eigenvalue weighted by Gasteiger charge is 2.79. The summed E-state index contributed by atoms with van der Waals surface area (Å²) in [7, 11) is 0. The van der Waals surface area contributed by atoms with Crippen molar-refractivity contribution < 1.29 is 29.0 Å². The van der Waals surface area contributed by atoms with Crippen molar-refractivity contribution in [2.75, 3.05) is 51.3 Å². The molecule has 10 nitrogen and oxygen atoms in total. The molecule has 4 heterocycles. The average molecular weight is 543 g/mol. The summed E-state index contributed by atoms with van der Waals surface area (Å²) in [4.78, 5) is 45.9. The van der Waals surface area contributed by atoms with E-state index in [0.29, 0.717) is 51.3 Å². The Morgan fingerprint density at radius 3 is 2.49 bits per heavy atom. The largest absolute Gasteiger partial charge is 0.394 e. The number of ether oxygens (including phenoxy) is 2. The standard InChI is InChI=1S/C29H42N4O6/c1-4-28-10-11-29(39-28)23(22(28)25(35)31-20-8-6-5-7-9-20)27(37)33(21(18-34)19(2)3)24(29)26(36)30-12-13-32-14-16-38-17-15-32/h5-9,19,21-24,34H,4,10-18H2,1-3H3,(H,30,36)(H,31,35)/t21-,22-,23-,24?,28+,29?/m0/s1. The van der Waals surface area contributed by atoms with Gasteiger partial charge in [-0.1, -0.05) is 39.0 Å². The molecule has 214 valence electrons. The van der Waals surface area contributed by atoms with Crippen molar-refractivity contribution in [1.29, 1.82) is 0 Å². The molecule has 4 fully saturated rings. The van der Waals surface area contributed by atoms with Crippen molar-refractivity contribution in [3.8, 4) is 0 Å². The van der Waals surface area contributed by atoms with E-state index in [0.717, 1.165) is 13.1 Å². The van der Waals surface area contributed by atoms with Gasteiger partial charge in [-0.3, -0.25) is 19.3 Å². The molecule has 3 amide bonds. The fourth-order valence-electron chi connectivity index (χ4n) is 7.33. The Bertz CT molecular complexity index is 1060. The first kappa shape index (κ1) is 28.0. The number of anilines is 1. The summed E-state index contributed by atoms with van der Waals surface area (Å²) < 4.78 is 12.2. The van der Waals surface area contributed by atoms with Crippen LogP contribution in [0.4, 0.5) is 5.69 Å². The van der Waals surface area contributed by atoms with E-state index in [1.807, 2.05) is 51.1 Å². The van der Waals surface area contributed by atoms with Crippen LogP contribution in [0, 0.1) is 17.8 Å². The van der Waals surface area contributed by atoms with Crippen LogP contribution in [0.5, 0.6) is 0 Å². The van der Waals surface area contributed by atoms with Gasteiger partial charge < -0.3 is 30.1 Å². The van der Waals surface area contributed by atoms with E-state index in [1.165, 1.54) is 0 Å². The van der Waals surface area contributed by atoms with E-state index >= 15 is 0 Å². The maximum absolute atomic E-state index is 14.3. The minimum Gasteiger partial charge on any atom is -0.394 e. The minimum absolute atomic E-state index is 0.0910. The first-order valence-electron chi connectivity index (χ1n) is 14.3. The molecule has 1 aromatic rings. The zero-order valence-corrected chi connectivity index (χ0v) is 23.2. The Morgan fingerprint density at radius 2 is 1.85 bits per heavy atom. The van der Waals surface area contributed by atoms with Gasteiger partial charge in [-0.15, -0.1) is 0 Å². The lowest BCUT2D eigenvalue weighted by Crippen LogP contribution is -2.59. The van der Waals surface area contributed by atoms with E-state index in [1.54, 1.807) is 4.90 Å². The molecule has 4 saturated heterocycles. The third-order valence-electron chi connectivity index (χ3n) is 9.34. The van der Waals surface area contributed by atoms with E-state index in [-0.39, 0.29) is 30.2 Å². The predicted molar refractivity (Wildman–Crippen MR) is 145 cm³/mol. The number of aliphatic hydroxyl groups is 1. The molecule has 4 aliphatic rings. The van der Waals surface area contributed by atoms with Crippen molar-refractivity contribution in [2.24, 2.45) is 17.8 Å². The van der Waals surface area contributed by atoms with Crippen LogP contribution in [0.1, 0.15) is 40.0 Å². The summed E-state index contributed by atoms with van der Waals surface area (Å²) >= 11 is 0. The second-order valence-corrected chi connectivity index (χ2v) is 11.7. The number of nitrogens with one attached hydrogen (secondary N) is 2. The first-order chi connectivity index (χ1) is 18.8. The number of nitrogens with zero attached hydrogens (tertiary/aromatic N) is 2. The molecule has 2 bridgehead atoms. The van der Waals surface area contributed by atoms with Crippen molar-refractivity contribution in [2.45, 2.75) is 63.3 Å². The number of fused-ring (bicyclic) bond motifs is 1. The van der Waals surface area contributed by atoms with Crippen LogP contribution in [0.2, 0.25) is 0 Å². The Labute approximate surface area is 230 Å². The fraction of sp³-hybridized carbons (Fsp3) is 0.690. The van der Waals surface area contributed by atoms with E-state index in [2.05, 4.69) is 15.5 Å². The minimum atomic E-state index is -1.11. The average Bonchev–Trinajstić information content (AvgIpc) is 3.54. The normalized spacial score (nSPS) is 32.9. The third-order valence-corrected chi connectivity index (χ3v) is 9.34. The first-order valence-corrected chi connectivity index (χ1v) is 14.3. The second-order valence-electron chi connectivity index (χ2n) is 11.7. The molecular weight excluding hydrogens is 500 g/mol. The maximum Gasteiger partial charge on any atom is 0.245 e. The van der Waals surface area contributed by atoms with Gasteiger partial charge in [-0.2, -0.15) is 0 Å². The molecule has 0 radical (unpaired) electrons. The molecule has 39 heavy (non-hydrogen) atoms. The highest BCUT2D eigenvalue weighted by Crippen LogP contribution is 2.64. The topological polar surface area (TPSA) is 120 Å². The Hall–Kier alpha value is -2.53. The number of morpholine rings is 1. The second kappa shape index (κ2) is 11.2. The summed E-state index contributed by atoms with van der Waals surface area (Å²) in [5, 5.41) is 16.4. The fourth-order valence-corrected chi connectivity index (χ4v) is 7.33. The molecule has 3 N–H and O–H groups in total. The number of hydrogen-bond acceptors (Lipinski definition) is 7. The van der Waals surface area contributed by atoms with Crippen molar-refractivity contribution >= 4 is 23.4 Å². The van der Waals surface area contributed by atoms with Crippen LogP contribution < -0.4 is 10.6 Å². The lowest BCUT2D eigenvalue weighted by Gasteiger charge is -2.39. The molecule has 5 rings (SSSR count). The van der Waals surface area contributed by atoms with Gasteiger partial charge in [0, 0.05) is 31.9 Å². The van der Waals surface area contributed by atoms with Crippen molar-refractivity contribution in [3.05, 3.63) is 30.3 Å². The zero-order valence-electron chi connectivity index (χ0n) is 23.2. The number of carbonyl (C=O) groups is 3. The SMILES string of the molecule is CC[C@]12CCC3(O1)C(C(=O)NCCN1CCOCC1)N([C@@H](CO)C(C)C)C(=O)[C@@H]3[C@H]2C(=O)Nc1ccccc1. The Kier molecular flexibility index (Phi) is 8.01. The maximum atomic E-state index is 14.3. The van der Waals surface area contributed by atoms with Gasteiger partial charge in [-0.25, -0.2) is 0 Å². The number of carbonyl (C=O) groups excluding carboxylic acids is 3. The predicted octanol–water partition coefficient (Wildman–Crippen LogP) is 1.25. The molecule has 10 heteroatoms. The van der Waals surface area contributed by atoms with Crippen LogP contribution in [-0.4, -0.2) is 102 Å². The van der Waals surface area contributed by atoms with Gasteiger partial charge in [0.15, 0.2) is 0 Å². The number of hydrogen-bond donors (Lipinski definition) is 3. The summed E-state index contributed by atoms with van der Waals surface area (Å²) in [6, 6.07) is 7.72. The Morgan fingerprint density at radius 1 is 1.13 bits per heavy atom. The third kappa shape index (κ3) is 4.75. The van der Waals surface area contributed by atoms with Gasteiger partial charge in [0.25, 0.3) is 0 Å². The van der Waals surface area contributed by atoms with E-state index in [9.17, 15) is 19.5 Å². The molecule has 1 spiro atoms. The summed E-state index contributed by atoms with van der Waals surface area (Å²) in [5.74, 6) is -2.44. The molecule has 1 aromatic carbocycles.